The van der Waals surface area contributed by atoms with Crippen LogP contribution < -0.4 is 5.73 Å². The Morgan fingerprint density at radius 1 is 1.23 bits per heavy atom. The second-order valence-electron chi connectivity index (χ2n) is 10.1. The number of amides is 1. The number of hydrogen-bond donors (Lipinski definition) is 2. The Kier molecular flexibility index (Phi) is 6.13. The van der Waals surface area contributed by atoms with Gasteiger partial charge in [0.25, 0.3) is 5.91 Å². The van der Waals surface area contributed by atoms with Gasteiger partial charge < -0.3 is 20.1 Å². The molecule has 3 unspecified atom stereocenters. The topological polar surface area (TPSA) is 115 Å². The van der Waals surface area contributed by atoms with Crippen LogP contribution in [0.15, 0.2) is 36.0 Å². The van der Waals surface area contributed by atoms with Crippen molar-refractivity contribution in [3.63, 3.8) is 0 Å². The van der Waals surface area contributed by atoms with E-state index < -0.39 is 47.9 Å². The Bertz CT molecular complexity index is 1080. The van der Waals surface area contributed by atoms with Gasteiger partial charge in [-0.3, -0.25) is 4.79 Å². The summed E-state index contributed by atoms with van der Waals surface area (Å²) < 4.78 is 34.4. The number of rotatable bonds is 7. The lowest BCUT2D eigenvalue weighted by atomic mass is 9.80. The molecule has 4 fully saturated rings. The summed E-state index contributed by atoms with van der Waals surface area (Å²) in [5.41, 5.74) is 3.67. The summed E-state index contributed by atoms with van der Waals surface area (Å²) in [5.74, 6) is -4.93. The highest BCUT2D eigenvalue weighted by molar-refractivity contribution is 7.10. The smallest absolute Gasteiger partial charge is 0.344 e. The third-order valence-electron chi connectivity index (χ3n) is 8.07. The van der Waals surface area contributed by atoms with Crippen molar-refractivity contribution in [1.82, 2.24) is 9.97 Å². The number of nitrogens with two attached hydrogens (primary N) is 1. The molecule has 5 heterocycles. The summed E-state index contributed by atoms with van der Waals surface area (Å²) >= 11 is 1.15. The molecule has 3 N–H and O–H groups in total. The van der Waals surface area contributed by atoms with Gasteiger partial charge in [0.2, 0.25) is 12.0 Å². The van der Waals surface area contributed by atoms with Crippen molar-refractivity contribution in [3.05, 3.63) is 46.7 Å². The molecule has 3 aliphatic heterocycles. The van der Waals surface area contributed by atoms with Crippen LogP contribution in [-0.2, 0) is 19.9 Å². The maximum absolute atomic E-state index is 14.1. The fourth-order valence-corrected chi connectivity index (χ4v) is 7.14. The van der Waals surface area contributed by atoms with E-state index in [9.17, 15) is 23.5 Å². The van der Waals surface area contributed by atoms with Crippen LogP contribution in [0.3, 0.4) is 0 Å². The lowest BCUT2D eigenvalue weighted by Crippen LogP contribution is -2.68. The van der Waals surface area contributed by atoms with Gasteiger partial charge in [0, 0.05) is 54.8 Å². The van der Waals surface area contributed by atoms with Gasteiger partial charge in [-0.1, -0.05) is 6.07 Å². The second-order valence-corrected chi connectivity index (χ2v) is 11.0. The molecule has 6 rings (SSSR count). The number of ether oxygens (including phenoxy) is 1. The highest BCUT2D eigenvalue weighted by atomic mass is 32.1. The zero-order valence-electron chi connectivity index (χ0n) is 19.2. The number of quaternary nitrogens is 1. The lowest BCUT2D eigenvalue weighted by Gasteiger charge is -2.54. The van der Waals surface area contributed by atoms with E-state index in [0.717, 1.165) is 11.3 Å². The van der Waals surface area contributed by atoms with E-state index >= 15 is 0 Å². The highest BCUT2D eigenvalue weighted by Crippen LogP contribution is 2.50. The maximum atomic E-state index is 14.1. The van der Waals surface area contributed by atoms with E-state index in [1.165, 1.54) is 0 Å². The number of piperidine rings is 3. The SMILES string of the molecule is NC(=O)C(c1ncccn1)[N+]12CCC(CC1)[C@@H](OC(=O)C(O)(c1cccs1)C1CCC(F)(F)C1)C2. The Hall–Kier alpha value is -2.50. The standard InChI is InChI=1S/C24H28F2N4O4S/c25-23(26)7-4-16(13-23)24(33,18-3-1-12-35-18)22(32)34-17-14-30(10-5-15(17)6-11-30)19(20(27)31)21-28-8-2-9-29-21/h1-3,8-9,12,15-17,19,33H,4-7,10-11,13-14H2,(H-,27,31)/p+1/t15?,16?,17-,19?,24?,30?/m0/s1. The van der Waals surface area contributed by atoms with E-state index in [1.807, 2.05) is 0 Å². The quantitative estimate of drug-likeness (QED) is 0.440. The Labute approximate surface area is 205 Å². The summed E-state index contributed by atoms with van der Waals surface area (Å²) in [6, 6.07) is 4.13. The molecule has 1 saturated carbocycles. The van der Waals surface area contributed by atoms with Gasteiger partial charge in [0.15, 0.2) is 17.5 Å². The van der Waals surface area contributed by atoms with Crippen molar-refractivity contribution >= 4 is 23.2 Å². The predicted molar refractivity (Wildman–Crippen MR) is 122 cm³/mol. The fraction of sp³-hybridized carbons (Fsp3) is 0.583. The molecule has 11 heteroatoms. The normalized spacial score (nSPS) is 32.0. The third kappa shape index (κ3) is 4.23. The number of esters is 1. The zero-order chi connectivity index (χ0) is 24.8. The van der Waals surface area contributed by atoms with E-state index in [1.54, 1.807) is 36.0 Å². The second kappa shape index (κ2) is 8.86. The first-order chi connectivity index (χ1) is 16.6. The molecule has 0 radical (unpaired) electrons. The van der Waals surface area contributed by atoms with Crippen LogP contribution >= 0.6 is 11.3 Å². The number of alkyl halides is 2. The van der Waals surface area contributed by atoms with E-state index in [4.69, 9.17) is 10.5 Å². The van der Waals surface area contributed by atoms with Gasteiger partial charge in [-0.15, -0.1) is 11.3 Å². The summed E-state index contributed by atoms with van der Waals surface area (Å²) in [6.45, 7) is 1.65. The maximum Gasteiger partial charge on any atom is 0.344 e. The highest BCUT2D eigenvalue weighted by Gasteiger charge is 2.58. The van der Waals surface area contributed by atoms with Crippen molar-refractivity contribution in [2.24, 2.45) is 17.6 Å². The summed E-state index contributed by atoms with van der Waals surface area (Å²) in [7, 11) is 0. The molecular weight excluding hydrogens is 478 g/mol. The van der Waals surface area contributed by atoms with Crippen molar-refractivity contribution in [1.29, 1.82) is 0 Å². The number of aromatic nitrogens is 2. The number of halogens is 2. The third-order valence-corrected chi connectivity index (χ3v) is 9.06. The fourth-order valence-electron chi connectivity index (χ4n) is 6.25. The molecule has 3 saturated heterocycles. The Morgan fingerprint density at radius 3 is 2.51 bits per heavy atom. The molecular formula is C24H29F2N4O4S+. The first kappa shape index (κ1) is 24.2. The lowest BCUT2D eigenvalue weighted by molar-refractivity contribution is -0.965. The van der Waals surface area contributed by atoms with Crippen molar-refractivity contribution in [2.45, 2.75) is 55.8 Å². The van der Waals surface area contributed by atoms with E-state index in [0.29, 0.717) is 43.2 Å². The Morgan fingerprint density at radius 2 is 1.94 bits per heavy atom. The summed E-state index contributed by atoms with van der Waals surface area (Å²) in [6.07, 6.45) is 3.03. The molecule has 1 amide bonds. The minimum atomic E-state index is -2.93. The first-order valence-electron chi connectivity index (χ1n) is 11.9. The number of carbonyl (C=O) groups excluding carboxylic acids is 2. The molecule has 1 aliphatic carbocycles. The Balaban J connectivity index is 1.41. The number of fused-ring (bicyclic) bond motifs is 3. The average Bonchev–Trinajstić information content (AvgIpc) is 3.50. The number of nitrogens with zero attached hydrogens (tertiary/aromatic N) is 3. The predicted octanol–water partition coefficient (Wildman–Crippen LogP) is 2.54. The number of primary amides is 1. The number of hydrogen-bond acceptors (Lipinski definition) is 7. The van der Waals surface area contributed by atoms with Crippen LogP contribution in [0.4, 0.5) is 8.78 Å². The summed E-state index contributed by atoms with van der Waals surface area (Å²) in [4.78, 5) is 35.0. The molecule has 188 valence electrons. The minimum Gasteiger partial charge on any atom is -0.454 e. The molecule has 0 aromatic carbocycles. The number of aliphatic hydroxyl groups is 1. The molecule has 4 aliphatic rings. The van der Waals surface area contributed by atoms with Crippen LogP contribution in [0, 0.1) is 11.8 Å². The van der Waals surface area contributed by atoms with Crippen molar-refractivity contribution in [3.8, 4) is 0 Å². The van der Waals surface area contributed by atoms with Gasteiger partial charge in [-0.05, 0) is 23.9 Å². The van der Waals surface area contributed by atoms with Crippen LogP contribution in [0.25, 0.3) is 0 Å². The monoisotopic (exact) mass is 507 g/mol. The van der Waals surface area contributed by atoms with E-state index in [-0.39, 0.29) is 23.2 Å². The zero-order valence-corrected chi connectivity index (χ0v) is 20.0. The largest absolute Gasteiger partial charge is 0.454 e. The number of carbonyl (C=O) groups is 2. The molecule has 8 nitrogen and oxygen atoms in total. The molecule has 2 aromatic heterocycles. The van der Waals surface area contributed by atoms with Crippen molar-refractivity contribution in [2.75, 3.05) is 19.6 Å². The summed E-state index contributed by atoms with van der Waals surface area (Å²) in [5, 5.41) is 13.3. The molecule has 0 spiro atoms. The molecule has 4 atom stereocenters. The molecule has 2 bridgehead atoms. The van der Waals surface area contributed by atoms with Crippen LogP contribution in [0.2, 0.25) is 0 Å². The van der Waals surface area contributed by atoms with Crippen LogP contribution in [0.1, 0.15) is 48.8 Å². The minimum absolute atomic E-state index is 0.0275. The number of thiophene rings is 1. The van der Waals surface area contributed by atoms with Crippen LogP contribution in [-0.4, -0.2) is 63.1 Å². The van der Waals surface area contributed by atoms with Gasteiger partial charge in [-0.2, -0.15) is 0 Å². The molecule has 2 aromatic rings. The van der Waals surface area contributed by atoms with Crippen LogP contribution in [0.5, 0.6) is 0 Å². The molecule has 35 heavy (non-hydrogen) atoms. The van der Waals surface area contributed by atoms with Gasteiger partial charge in [0.05, 0.1) is 13.1 Å². The van der Waals surface area contributed by atoms with E-state index in [2.05, 4.69) is 9.97 Å². The average molecular weight is 508 g/mol. The first-order valence-corrected chi connectivity index (χ1v) is 12.8. The van der Waals surface area contributed by atoms with Gasteiger partial charge in [-0.25, -0.2) is 23.5 Å². The van der Waals surface area contributed by atoms with Gasteiger partial charge >= 0.3 is 5.97 Å². The van der Waals surface area contributed by atoms with Gasteiger partial charge in [0.1, 0.15) is 6.54 Å². The van der Waals surface area contributed by atoms with Crippen molar-refractivity contribution < 1.29 is 32.7 Å².